The predicted molar refractivity (Wildman–Crippen MR) is 119 cm³/mol. The number of aliphatic hydroxyl groups is 1. The zero-order chi connectivity index (χ0) is 23.8. The van der Waals surface area contributed by atoms with Crippen molar-refractivity contribution in [1.82, 2.24) is 4.90 Å². The highest BCUT2D eigenvalue weighted by atomic mass is 16.8. The summed E-state index contributed by atoms with van der Waals surface area (Å²) in [6.07, 6.45) is 2.64. The molecule has 0 aromatic heterocycles. The molecule has 0 aromatic carbocycles. The van der Waals surface area contributed by atoms with Crippen LogP contribution in [0.5, 0.6) is 0 Å². The Bertz CT molecular complexity index is 987. The molecule has 0 radical (unpaired) electrons. The summed E-state index contributed by atoms with van der Waals surface area (Å²) in [5.41, 5.74) is -1.92. The minimum atomic E-state index is -1.53. The van der Waals surface area contributed by atoms with E-state index < -0.39 is 34.7 Å². The zero-order valence-electron chi connectivity index (χ0n) is 20.1. The second kappa shape index (κ2) is 6.17. The highest BCUT2D eigenvalue weighted by molar-refractivity contribution is 6.05. The molecule has 1 amide bonds. The number of carbonyl (C=O) groups excluding carboxylic acids is 2. The molecule has 1 unspecified atom stereocenters. The number of carbonyl (C=O) groups is 2. The summed E-state index contributed by atoms with van der Waals surface area (Å²) in [6.45, 7) is 16.6. The maximum absolute atomic E-state index is 14.2. The van der Waals surface area contributed by atoms with Crippen molar-refractivity contribution in [2.24, 2.45) is 28.6 Å². The van der Waals surface area contributed by atoms with Gasteiger partial charge >= 0.3 is 0 Å². The van der Waals surface area contributed by atoms with E-state index in [0.717, 1.165) is 12.8 Å². The van der Waals surface area contributed by atoms with Crippen LogP contribution < -0.4 is 0 Å². The van der Waals surface area contributed by atoms with E-state index in [2.05, 4.69) is 27.0 Å². The third kappa shape index (κ3) is 2.14. The largest absolute Gasteiger partial charge is 0.387 e. The molecule has 3 aliphatic carbocycles. The number of amides is 1. The molecule has 33 heavy (non-hydrogen) atoms. The number of fused-ring (bicyclic) bond motifs is 1. The van der Waals surface area contributed by atoms with Gasteiger partial charge < -0.3 is 24.2 Å². The maximum atomic E-state index is 14.2. The van der Waals surface area contributed by atoms with Crippen LogP contribution in [-0.2, 0) is 23.8 Å². The monoisotopic (exact) mass is 457 g/mol. The maximum Gasteiger partial charge on any atom is 0.223 e. The molecule has 4 bridgehead atoms. The van der Waals surface area contributed by atoms with Gasteiger partial charge in [-0.15, -0.1) is 6.58 Å². The molecule has 0 aromatic rings. The summed E-state index contributed by atoms with van der Waals surface area (Å²) in [4.78, 5) is 29.6. The highest BCUT2D eigenvalue weighted by Crippen LogP contribution is 2.76. The summed E-state index contributed by atoms with van der Waals surface area (Å²) in [5.74, 6) is -3.40. The first-order chi connectivity index (χ1) is 15.4. The molecule has 7 nitrogen and oxygen atoms in total. The summed E-state index contributed by atoms with van der Waals surface area (Å²) in [6, 6.07) is 0. The molecular formula is C26H35NO6. The van der Waals surface area contributed by atoms with Crippen LogP contribution in [0.2, 0.25) is 0 Å². The molecule has 7 heteroatoms. The Labute approximate surface area is 195 Å². The van der Waals surface area contributed by atoms with Crippen molar-refractivity contribution in [1.29, 1.82) is 0 Å². The first-order valence-electron chi connectivity index (χ1n) is 12.3. The van der Waals surface area contributed by atoms with E-state index in [0.29, 0.717) is 25.0 Å². The lowest BCUT2D eigenvalue weighted by molar-refractivity contribution is -0.523. The molecule has 3 spiro atoms. The summed E-state index contributed by atoms with van der Waals surface area (Å²) >= 11 is 0. The van der Waals surface area contributed by atoms with Crippen molar-refractivity contribution in [3.8, 4) is 0 Å². The van der Waals surface area contributed by atoms with Gasteiger partial charge in [0.25, 0.3) is 0 Å². The molecule has 7 rings (SSSR count). The molecule has 7 aliphatic rings. The van der Waals surface area contributed by atoms with Crippen LogP contribution in [0, 0.1) is 28.6 Å². The van der Waals surface area contributed by atoms with Crippen LogP contribution in [-0.4, -0.2) is 64.2 Å². The molecule has 8 atom stereocenters. The molecule has 180 valence electrons. The van der Waals surface area contributed by atoms with E-state index >= 15 is 0 Å². The van der Waals surface area contributed by atoms with Crippen LogP contribution in [0.25, 0.3) is 0 Å². The number of ketones is 1. The topological polar surface area (TPSA) is 85.3 Å². The van der Waals surface area contributed by atoms with Gasteiger partial charge in [0, 0.05) is 30.7 Å². The van der Waals surface area contributed by atoms with E-state index in [-0.39, 0.29) is 41.5 Å². The van der Waals surface area contributed by atoms with Gasteiger partial charge in [-0.3, -0.25) is 9.59 Å². The Morgan fingerprint density at radius 2 is 1.94 bits per heavy atom. The van der Waals surface area contributed by atoms with Crippen molar-refractivity contribution in [2.45, 2.75) is 82.7 Å². The average Bonchev–Trinajstić information content (AvgIpc) is 2.82. The van der Waals surface area contributed by atoms with Crippen LogP contribution >= 0.6 is 0 Å². The number of likely N-dealkylation sites (tertiary alicyclic amines) is 1. The fourth-order valence-corrected chi connectivity index (χ4v) is 9.07. The van der Waals surface area contributed by atoms with Gasteiger partial charge in [0.05, 0.1) is 18.2 Å². The van der Waals surface area contributed by atoms with Crippen LogP contribution in [0.15, 0.2) is 24.8 Å². The molecule has 4 aliphatic heterocycles. The normalized spacial score (nSPS) is 51.1. The third-order valence-corrected chi connectivity index (χ3v) is 9.94. The van der Waals surface area contributed by atoms with Crippen molar-refractivity contribution < 1.29 is 28.9 Å². The minimum absolute atomic E-state index is 0.0213. The number of nitrogens with zero attached hydrogens (tertiary/aromatic N) is 1. The standard InChI is InChI=1S/C26H35NO6/c1-7-12-27-17(28)10-11-22(3,4)18-20(30)26-25-16(24(18,27)13-31-26)9-8-15(14(2)19(25)29)21(25)32-23(5,6)33-26/h7,15-16,18,20-21,30H,1-2,8-13H2,3-6H3/t15-,16-,18+,20-,21+,24-,25?,26-/m0/s1. The number of rotatable bonds is 2. The summed E-state index contributed by atoms with van der Waals surface area (Å²) in [5, 5.41) is 12.3. The van der Waals surface area contributed by atoms with E-state index in [4.69, 9.17) is 14.2 Å². The van der Waals surface area contributed by atoms with Gasteiger partial charge in [-0.25, -0.2) is 0 Å². The van der Waals surface area contributed by atoms with Crippen molar-refractivity contribution >= 4 is 11.7 Å². The van der Waals surface area contributed by atoms with Crippen LogP contribution in [0.1, 0.15) is 53.4 Å². The van der Waals surface area contributed by atoms with E-state index in [9.17, 15) is 14.7 Å². The van der Waals surface area contributed by atoms with E-state index in [1.165, 1.54) is 0 Å². The lowest BCUT2D eigenvalue weighted by atomic mass is 9.41. The number of ether oxygens (including phenoxy) is 3. The fourth-order valence-electron chi connectivity index (χ4n) is 9.07. The summed E-state index contributed by atoms with van der Waals surface area (Å²) < 4.78 is 19.6. The molecule has 4 heterocycles. The quantitative estimate of drug-likeness (QED) is 0.507. The highest BCUT2D eigenvalue weighted by Gasteiger charge is 2.90. The van der Waals surface area contributed by atoms with Crippen LogP contribution in [0.3, 0.4) is 0 Å². The van der Waals surface area contributed by atoms with Crippen molar-refractivity contribution in [2.75, 3.05) is 13.2 Å². The summed E-state index contributed by atoms with van der Waals surface area (Å²) in [7, 11) is 0. The van der Waals surface area contributed by atoms with Gasteiger partial charge in [0.15, 0.2) is 11.6 Å². The fraction of sp³-hybridized carbons (Fsp3) is 0.769. The lowest BCUT2D eigenvalue weighted by Crippen LogP contribution is -2.91. The van der Waals surface area contributed by atoms with Crippen molar-refractivity contribution in [3.63, 3.8) is 0 Å². The number of Topliss-reactive ketones (excluding diaryl/α,β-unsaturated/α-hetero) is 1. The van der Waals surface area contributed by atoms with Crippen LogP contribution in [0.4, 0.5) is 0 Å². The first kappa shape index (κ1) is 22.0. The van der Waals surface area contributed by atoms with Gasteiger partial charge in [-0.1, -0.05) is 26.5 Å². The minimum Gasteiger partial charge on any atom is -0.387 e. The molecule has 1 N–H and O–H groups in total. The number of hydrogen-bond acceptors (Lipinski definition) is 6. The van der Waals surface area contributed by atoms with E-state index in [1.807, 2.05) is 18.7 Å². The molecule has 4 saturated heterocycles. The second-order valence-corrected chi connectivity index (χ2v) is 12.2. The van der Waals surface area contributed by atoms with E-state index in [1.54, 1.807) is 6.08 Å². The first-order valence-corrected chi connectivity index (χ1v) is 12.3. The van der Waals surface area contributed by atoms with Gasteiger partial charge in [-0.05, 0) is 44.1 Å². The SMILES string of the molecule is C=CCN1C(=O)CCC(C)(C)[C@H]2[C@H](O)[C@@]34OC[C@]21[C@@H]1CC[C@H]2C(=C)C(=O)C13[C@@H]2OC(C)(C)O4. The average molecular weight is 458 g/mol. The Balaban J connectivity index is 1.69. The number of aliphatic hydroxyl groups excluding tert-OH is 1. The Morgan fingerprint density at radius 1 is 1.21 bits per heavy atom. The molecular weight excluding hydrogens is 422 g/mol. The molecule has 3 saturated carbocycles. The van der Waals surface area contributed by atoms with Gasteiger partial charge in [-0.2, -0.15) is 0 Å². The van der Waals surface area contributed by atoms with Gasteiger partial charge in [0.1, 0.15) is 11.5 Å². The lowest BCUT2D eigenvalue weighted by Gasteiger charge is -2.76. The van der Waals surface area contributed by atoms with Crippen molar-refractivity contribution in [3.05, 3.63) is 24.8 Å². The Kier molecular flexibility index (Phi) is 4.11. The number of hydrogen-bond donors (Lipinski definition) is 1. The molecule has 7 fully saturated rings. The zero-order valence-corrected chi connectivity index (χ0v) is 20.1. The Morgan fingerprint density at radius 3 is 2.64 bits per heavy atom. The third-order valence-electron chi connectivity index (χ3n) is 9.94. The predicted octanol–water partition coefficient (Wildman–Crippen LogP) is 2.58. The smallest absolute Gasteiger partial charge is 0.223 e. The second-order valence-electron chi connectivity index (χ2n) is 12.2. The Hall–Kier alpha value is -1.54. The van der Waals surface area contributed by atoms with Gasteiger partial charge in [0.2, 0.25) is 11.7 Å².